The topological polar surface area (TPSA) is 107 Å². The molecule has 1 aliphatic carbocycles. The first-order chi connectivity index (χ1) is 12.0. The molecule has 8 nitrogen and oxygen atoms in total. The highest BCUT2D eigenvalue weighted by atomic mass is 32.2. The van der Waals surface area contributed by atoms with Crippen LogP contribution in [-0.4, -0.2) is 34.8 Å². The lowest BCUT2D eigenvalue weighted by molar-refractivity contribution is -0.121. The number of nitrogens with zero attached hydrogens (tertiary/aromatic N) is 2. The summed E-state index contributed by atoms with van der Waals surface area (Å²) in [7, 11) is -1.14. The first-order valence-corrected chi connectivity index (χ1v) is 10.5. The minimum absolute atomic E-state index is 0.0118. The molecule has 0 unspecified atom stereocenters. The van der Waals surface area contributed by atoms with Gasteiger partial charge in [0.25, 0.3) is 5.56 Å². The number of rotatable bonds is 5. The SMILES string of the molecule is C[C@@H]1CCCC[C@H]1NC(=O)[C@@H](C)S(=O)(=O)Cc1cc(=O)n(C)c(=O)n1C. The molecule has 1 N–H and O–H groups in total. The summed E-state index contributed by atoms with van der Waals surface area (Å²) in [6.07, 6.45) is 4.01. The van der Waals surface area contributed by atoms with Crippen molar-refractivity contribution in [2.45, 2.75) is 56.6 Å². The van der Waals surface area contributed by atoms with E-state index in [1.54, 1.807) is 0 Å². The number of amides is 1. The molecule has 1 amide bonds. The number of hydrogen-bond donors (Lipinski definition) is 1. The normalized spacial score (nSPS) is 22.0. The second-order valence-electron chi connectivity index (χ2n) is 7.20. The molecule has 1 aromatic rings. The minimum atomic E-state index is -3.87. The standard InChI is InChI=1S/C17H27N3O5S/c1-11-7-5-6-8-14(11)18-16(22)12(2)26(24,25)10-13-9-15(21)20(4)17(23)19(13)3/h9,11-12,14H,5-8,10H2,1-4H3,(H,18,22)/t11-,12-,14-/m1/s1. The molecular weight excluding hydrogens is 358 g/mol. The van der Waals surface area contributed by atoms with Gasteiger partial charge >= 0.3 is 5.69 Å². The molecule has 9 heteroatoms. The molecule has 1 heterocycles. The van der Waals surface area contributed by atoms with Gasteiger partial charge in [0, 0.05) is 31.9 Å². The van der Waals surface area contributed by atoms with Gasteiger partial charge in [-0.2, -0.15) is 0 Å². The molecule has 0 spiro atoms. The molecule has 0 radical (unpaired) electrons. The average molecular weight is 385 g/mol. The average Bonchev–Trinajstić information content (AvgIpc) is 2.58. The number of aromatic nitrogens is 2. The summed E-state index contributed by atoms with van der Waals surface area (Å²) < 4.78 is 27.3. The maximum Gasteiger partial charge on any atom is 0.330 e. The predicted molar refractivity (Wildman–Crippen MR) is 98.6 cm³/mol. The van der Waals surface area contributed by atoms with Gasteiger partial charge < -0.3 is 5.32 Å². The highest BCUT2D eigenvalue weighted by Gasteiger charge is 2.32. The quantitative estimate of drug-likeness (QED) is 0.772. The van der Waals surface area contributed by atoms with Crippen molar-refractivity contribution in [2.75, 3.05) is 0 Å². The van der Waals surface area contributed by atoms with Crippen LogP contribution in [0.5, 0.6) is 0 Å². The monoisotopic (exact) mass is 385 g/mol. The van der Waals surface area contributed by atoms with Gasteiger partial charge in [0.2, 0.25) is 5.91 Å². The lowest BCUT2D eigenvalue weighted by Gasteiger charge is -2.30. The van der Waals surface area contributed by atoms with E-state index in [0.717, 1.165) is 40.9 Å². The van der Waals surface area contributed by atoms with Gasteiger partial charge in [-0.3, -0.25) is 18.7 Å². The molecular formula is C17H27N3O5S. The number of hydrogen-bond acceptors (Lipinski definition) is 5. The van der Waals surface area contributed by atoms with Crippen LogP contribution >= 0.6 is 0 Å². The number of nitrogens with one attached hydrogen (secondary N) is 1. The predicted octanol–water partition coefficient (Wildman–Crippen LogP) is 0.0822. The molecule has 3 atom stereocenters. The van der Waals surface area contributed by atoms with Crippen LogP contribution in [0.25, 0.3) is 0 Å². The molecule has 1 aliphatic rings. The van der Waals surface area contributed by atoms with E-state index < -0.39 is 38.0 Å². The second-order valence-corrected chi connectivity index (χ2v) is 9.52. The largest absolute Gasteiger partial charge is 0.352 e. The van der Waals surface area contributed by atoms with Crippen molar-refractivity contribution in [1.82, 2.24) is 14.5 Å². The first-order valence-electron chi connectivity index (χ1n) is 8.82. The van der Waals surface area contributed by atoms with Gasteiger partial charge in [-0.25, -0.2) is 13.2 Å². The zero-order valence-electron chi connectivity index (χ0n) is 15.7. The van der Waals surface area contributed by atoms with Crippen molar-refractivity contribution >= 4 is 15.7 Å². The summed E-state index contributed by atoms with van der Waals surface area (Å²) in [6.45, 7) is 3.40. The van der Waals surface area contributed by atoms with Gasteiger partial charge in [0.15, 0.2) is 9.84 Å². The van der Waals surface area contributed by atoms with E-state index in [1.165, 1.54) is 21.0 Å². The molecule has 2 rings (SSSR count). The highest BCUT2D eigenvalue weighted by molar-refractivity contribution is 7.92. The highest BCUT2D eigenvalue weighted by Crippen LogP contribution is 2.24. The lowest BCUT2D eigenvalue weighted by atomic mass is 9.86. The third-order valence-corrected chi connectivity index (χ3v) is 7.31. The Labute approximate surface area is 153 Å². The van der Waals surface area contributed by atoms with Crippen molar-refractivity contribution in [2.24, 2.45) is 20.0 Å². The van der Waals surface area contributed by atoms with E-state index >= 15 is 0 Å². The Balaban J connectivity index is 2.18. The molecule has 26 heavy (non-hydrogen) atoms. The van der Waals surface area contributed by atoms with Gasteiger partial charge in [0.05, 0.1) is 5.75 Å². The lowest BCUT2D eigenvalue weighted by Crippen LogP contribution is -2.47. The molecule has 1 fully saturated rings. The van der Waals surface area contributed by atoms with Crippen molar-refractivity contribution in [3.63, 3.8) is 0 Å². The zero-order valence-corrected chi connectivity index (χ0v) is 16.5. The Morgan fingerprint density at radius 1 is 1.23 bits per heavy atom. The van der Waals surface area contributed by atoms with E-state index in [1.807, 2.05) is 0 Å². The van der Waals surface area contributed by atoms with E-state index in [2.05, 4.69) is 12.2 Å². The fraction of sp³-hybridized carbons (Fsp3) is 0.706. The van der Waals surface area contributed by atoms with E-state index in [9.17, 15) is 22.8 Å². The molecule has 0 aromatic carbocycles. The number of carbonyl (C=O) groups is 1. The summed E-state index contributed by atoms with van der Waals surface area (Å²) in [6, 6.07) is 1.11. The van der Waals surface area contributed by atoms with Crippen molar-refractivity contribution in [1.29, 1.82) is 0 Å². The van der Waals surface area contributed by atoms with Crippen molar-refractivity contribution < 1.29 is 13.2 Å². The second kappa shape index (κ2) is 7.77. The number of carbonyl (C=O) groups excluding carboxylic acids is 1. The van der Waals surface area contributed by atoms with Crippen LogP contribution in [0.1, 0.15) is 45.2 Å². The smallest absolute Gasteiger partial charge is 0.330 e. The fourth-order valence-electron chi connectivity index (χ4n) is 3.24. The van der Waals surface area contributed by atoms with Gasteiger partial charge in [0.1, 0.15) is 5.25 Å². The third-order valence-electron chi connectivity index (χ3n) is 5.32. The van der Waals surface area contributed by atoms with E-state index in [4.69, 9.17) is 0 Å². The third kappa shape index (κ3) is 4.25. The molecule has 0 bridgehead atoms. The first kappa shape index (κ1) is 20.4. The Bertz CT molecular complexity index is 900. The maximum absolute atomic E-state index is 12.6. The molecule has 1 aromatic heterocycles. The van der Waals surface area contributed by atoms with Crippen LogP contribution in [0.4, 0.5) is 0 Å². The Morgan fingerprint density at radius 2 is 1.85 bits per heavy atom. The number of sulfone groups is 1. The maximum atomic E-state index is 12.6. The molecule has 146 valence electrons. The van der Waals surface area contributed by atoms with E-state index in [0.29, 0.717) is 5.92 Å². The van der Waals surface area contributed by atoms with Crippen molar-refractivity contribution in [3.8, 4) is 0 Å². The molecule has 0 aliphatic heterocycles. The van der Waals surface area contributed by atoms with Crippen LogP contribution in [0.3, 0.4) is 0 Å². The van der Waals surface area contributed by atoms with Gasteiger partial charge in [-0.15, -0.1) is 0 Å². The van der Waals surface area contributed by atoms with Crippen LogP contribution in [0, 0.1) is 5.92 Å². The van der Waals surface area contributed by atoms with Crippen LogP contribution < -0.4 is 16.6 Å². The summed E-state index contributed by atoms with van der Waals surface area (Å²) in [5, 5.41) is 1.60. The summed E-state index contributed by atoms with van der Waals surface area (Å²) >= 11 is 0. The summed E-state index contributed by atoms with van der Waals surface area (Å²) in [5.41, 5.74) is -1.11. The van der Waals surface area contributed by atoms with Gasteiger partial charge in [-0.1, -0.05) is 19.8 Å². The van der Waals surface area contributed by atoms with Crippen LogP contribution in [-0.2, 0) is 34.5 Å². The Hall–Kier alpha value is -1.90. The minimum Gasteiger partial charge on any atom is -0.352 e. The van der Waals surface area contributed by atoms with Crippen molar-refractivity contribution in [3.05, 3.63) is 32.6 Å². The molecule has 1 saturated carbocycles. The fourth-order valence-corrected chi connectivity index (χ4v) is 4.58. The Kier molecular flexibility index (Phi) is 6.10. The van der Waals surface area contributed by atoms with Crippen LogP contribution in [0.15, 0.2) is 15.7 Å². The summed E-state index contributed by atoms with van der Waals surface area (Å²) in [4.78, 5) is 36.2. The molecule has 0 saturated heterocycles. The summed E-state index contributed by atoms with van der Waals surface area (Å²) in [5.74, 6) is -0.748. The Morgan fingerprint density at radius 3 is 2.46 bits per heavy atom. The van der Waals surface area contributed by atoms with E-state index in [-0.39, 0.29) is 11.7 Å². The zero-order chi connectivity index (χ0) is 19.6. The van der Waals surface area contributed by atoms with Gasteiger partial charge in [-0.05, 0) is 25.7 Å². The van der Waals surface area contributed by atoms with Crippen LogP contribution in [0.2, 0.25) is 0 Å².